The van der Waals surface area contributed by atoms with Gasteiger partial charge in [0.25, 0.3) is 5.56 Å². The fourth-order valence-electron chi connectivity index (χ4n) is 3.55. The van der Waals surface area contributed by atoms with Crippen molar-refractivity contribution >= 4 is 43.5 Å². The van der Waals surface area contributed by atoms with Crippen molar-refractivity contribution in [2.45, 2.75) is 6.54 Å². The van der Waals surface area contributed by atoms with Crippen LogP contribution in [0.25, 0.3) is 32.5 Å². The first kappa shape index (κ1) is 20.8. The van der Waals surface area contributed by atoms with Gasteiger partial charge in [0.15, 0.2) is 5.13 Å². The number of ether oxygens (including phenoxy) is 1. The molecule has 1 amide bonds. The summed E-state index contributed by atoms with van der Waals surface area (Å²) in [7, 11) is 1.58. The minimum Gasteiger partial charge on any atom is -0.497 e. The summed E-state index contributed by atoms with van der Waals surface area (Å²) < 4.78 is 21.8. The zero-order valence-electron chi connectivity index (χ0n) is 17.4. The Morgan fingerprint density at radius 3 is 2.67 bits per heavy atom. The van der Waals surface area contributed by atoms with Gasteiger partial charge >= 0.3 is 0 Å². The molecule has 5 rings (SSSR count). The summed E-state index contributed by atoms with van der Waals surface area (Å²) >= 11 is 1.29. The Balaban J connectivity index is 1.53. The van der Waals surface area contributed by atoms with E-state index in [1.165, 1.54) is 28.0 Å². The van der Waals surface area contributed by atoms with E-state index >= 15 is 0 Å². The summed E-state index contributed by atoms with van der Waals surface area (Å²) in [6.45, 7) is -0.348. The number of para-hydroxylation sites is 1. The van der Waals surface area contributed by atoms with Crippen molar-refractivity contribution in [3.8, 4) is 17.1 Å². The van der Waals surface area contributed by atoms with Gasteiger partial charge in [0.2, 0.25) is 5.91 Å². The van der Waals surface area contributed by atoms with Crippen LogP contribution in [0.3, 0.4) is 0 Å². The molecule has 33 heavy (non-hydrogen) atoms. The minimum absolute atomic E-state index is 0.0842. The van der Waals surface area contributed by atoms with Crippen molar-refractivity contribution < 1.29 is 13.9 Å². The van der Waals surface area contributed by atoms with E-state index in [2.05, 4.69) is 15.3 Å². The van der Waals surface area contributed by atoms with Gasteiger partial charge in [0.05, 0.1) is 33.8 Å². The minimum atomic E-state index is -0.533. The Bertz CT molecular complexity index is 1580. The van der Waals surface area contributed by atoms with Crippen molar-refractivity contribution in [3.63, 3.8) is 0 Å². The van der Waals surface area contributed by atoms with Crippen molar-refractivity contribution in [2.75, 3.05) is 12.4 Å². The summed E-state index contributed by atoms with van der Waals surface area (Å²) in [5.74, 6) is -0.236. The van der Waals surface area contributed by atoms with E-state index in [9.17, 15) is 14.0 Å². The van der Waals surface area contributed by atoms with Crippen LogP contribution in [0.2, 0.25) is 0 Å². The number of methoxy groups -OCH3 is 1. The summed E-state index contributed by atoms with van der Waals surface area (Å²) in [5, 5.41) is 3.46. The van der Waals surface area contributed by atoms with Gasteiger partial charge in [-0.05, 0) is 42.5 Å². The maximum Gasteiger partial charge on any atom is 0.262 e. The number of amides is 1. The molecule has 0 aliphatic rings. The summed E-state index contributed by atoms with van der Waals surface area (Å²) in [4.78, 5) is 35.0. The number of carbonyl (C=O) groups is 1. The number of rotatable bonds is 5. The van der Waals surface area contributed by atoms with Crippen LogP contribution in [-0.4, -0.2) is 27.6 Å². The van der Waals surface area contributed by atoms with E-state index in [0.29, 0.717) is 27.3 Å². The number of thiazole rings is 1. The molecule has 2 aromatic heterocycles. The van der Waals surface area contributed by atoms with Crippen LogP contribution in [0, 0.1) is 5.82 Å². The molecule has 0 atom stereocenters. The lowest BCUT2D eigenvalue weighted by Gasteiger charge is -2.13. The smallest absolute Gasteiger partial charge is 0.262 e. The highest BCUT2D eigenvalue weighted by molar-refractivity contribution is 7.22. The lowest BCUT2D eigenvalue weighted by atomic mass is 10.1. The lowest BCUT2D eigenvalue weighted by Crippen LogP contribution is -2.30. The normalized spacial score (nSPS) is 11.1. The van der Waals surface area contributed by atoms with E-state index in [0.717, 1.165) is 4.70 Å². The van der Waals surface area contributed by atoms with E-state index in [-0.39, 0.29) is 17.9 Å². The Morgan fingerprint density at radius 2 is 1.85 bits per heavy atom. The zero-order chi connectivity index (χ0) is 22.9. The number of nitrogens with zero attached hydrogens (tertiary/aromatic N) is 3. The Morgan fingerprint density at radius 1 is 1.06 bits per heavy atom. The average Bonchev–Trinajstić information content (AvgIpc) is 3.22. The highest BCUT2D eigenvalue weighted by atomic mass is 32.1. The average molecular weight is 460 g/mol. The van der Waals surface area contributed by atoms with Gasteiger partial charge in [-0.2, -0.15) is 0 Å². The summed E-state index contributed by atoms with van der Waals surface area (Å²) in [5.41, 5.74) is 0.855. The first-order valence-electron chi connectivity index (χ1n) is 10.0. The van der Waals surface area contributed by atoms with Crippen molar-refractivity contribution in [1.82, 2.24) is 14.5 Å². The molecule has 0 saturated heterocycles. The molecule has 0 saturated carbocycles. The second kappa shape index (κ2) is 8.44. The van der Waals surface area contributed by atoms with Gasteiger partial charge in [-0.1, -0.05) is 35.6 Å². The molecule has 0 aliphatic carbocycles. The van der Waals surface area contributed by atoms with Gasteiger partial charge in [-0.3, -0.25) is 14.2 Å². The van der Waals surface area contributed by atoms with Crippen molar-refractivity contribution in [3.05, 3.63) is 82.9 Å². The van der Waals surface area contributed by atoms with E-state index in [1.54, 1.807) is 55.6 Å². The molecule has 0 aliphatic heterocycles. The third kappa shape index (κ3) is 3.94. The predicted molar refractivity (Wildman–Crippen MR) is 126 cm³/mol. The third-order valence-corrected chi connectivity index (χ3v) is 6.05. The fraction of sp³-hybridized carbons (Fsp3) is 0.0833. The number of aromatic nitrogens is 3. The van der Waals surface area contributed by atoms with Gasteiger partial charge in [0, 0.05) is 0 Å². The van der Waals surface area contributed by atoms with Gasteiger partial charge in [0.1, 0.15) is 23.9 Å². The highest BCUT2D eigenvalue weighted by Gasteiger charge is 2.18. The van der Waals surface area contributed by atoms with Gasteiger partial charge < -0.3 is 10.1 Å². The number of hydrogen-bond donors (Lipinski definition) is 1. The fourth-order valence-corrected chi connectivity index (χ4v) is 4.46. The Kier molecular flexibility index (Phi) is 5.31. The van der Waals surface area contributed by atoms with Crippen molar-refractivity contribution in [1.29, 1.82) is 0 Å². The number of anilines is 1. The monoisotopic (exact) mass is 460 g/mol. The quantitative estimate of drug-likeness (QED) is 0.419. The van der Waals surface area contributed by atoms with E-state index in [1.807, 2.05) is 6.07 Å². The van der Waals surface area contributed by atoms with Crippen LogP contribution >= 0.6 is 11.3 Å². The largest absolute Gasteiger partial charge is 0.497 e. The molecule has 0 spiro atoms. The van der Waals surface area contributed by atoms with Gasteiger partial charge in [-0.15, -0.1) is 0 Å². The molecule has 1 N–H and O–H groups in total. The summed E-state index contributed by atoms with van der Waals surface area (Å²) in [6.07, 6.45) is 0. The van der Waals surface area contributed by atoms with Crippen LogP contribution in [-0.2, 0) is 11.3 Å². The molecule has 9 heteroatoms. The molecule has 0 bridgehead atoms. The molecule has 2 heterocycles. The lowest BCUT2D eigenvalue weighted by molar-refractivity contribution is -0.116. The topological polar surface area (TPSA) is 86.1 Å². The highest BCUT2D eigenvalue weighted by Crippen LogP contribution is 2.29. The molecule has 0 fully saturated rings. The molecular formula is C24H17FN4O3S. The molecule has 5 aromatic rings. The van der Waals surface area contributed by atoms with Crippen LogP contribution in [0.4, 0.5) is 9.52 Å². The number of carbonyl (C=O) groups excluding carboxylic acids is 1. The molecular weight excluding hydrogens is 443 g/mol. The maximum absolute atomic E-state index is 14.6. The standard InChI is InChI=1S/C24H17FN4O3S/c1-32-14-10-11-19-20(12-14)33-24(27-19)28-21(30)13-29-22(15-6-2-4-8-17(15)25)26-18-9-5-3-7-16(18)23(29)31/h2-12H,13H2,1H3,(H,27,28,30). The first-order chi connectivity index (χ1) is 16.0. The number of halogens is 1. The molecule has 0 radical (unpaired) electrons. The number of nitrogens with one attached hydrogen (secondary N) is 1. The first-order valence-corrected chi connectivity index (χ1v) is 10.8. The van der Waals surface area contributed by atoms with E-state index < -0.39 is 17.3 Å². The van der Waals surface area contributed by atoms with Crippen LogP contribution in [0.1, 0.15) is 0 Å². The molecule has 7 nitrogen and oxygen atoms in total. The molecule has 0 unspecified atom stereocenters. The maximum atomic E-state index is 14.6. The number of benzene rings is 3. The van der Waals surface area contributed by atoms with Gasteiger partial charge in [-0.25, -0.2) is 14.4 Å². The third-order valence-electron chi connectivity index (χ3n) is 5.12. The SMILES string of the molecule is COc1ccc2nc(NC(=O)Cn3c(-c4ccccc4F)nc4ccccc4c3=O)sc2c1. The van der Waals surface area contributed by atoms with Crippen LogP contribution in [0.15, 0.2) is 71.5 Å². The molecule has 164 valence electrons. The predicted octanol–water partition coefficient (Wildman–Crippen LogP) is 4.46. The van der Waals surface area contributed by atoms with Crippen LogP contribution < -0.4 is 15.6 Å². The number of fused-ring (bicyclic) bond motifs is 2. The Labute approximate surface area is 191 Å². The second-order valence-electron chi connectivity index (χ2n) is 7.22. The van der Waals surface area contributed by atoms with E-state index in [4.69, 9.17) is 4.74 Å². The van der Waals surface area contributed by atoms with Crippen molar-refractivity contribution in [2.24, 2.45) is 0 Å². The number of hydrogen-bond acceptors (Lipinski definition) is 6. The molecule has 3 aromatic carbocycles. The second-order valence-corrected chi connectivity index (χ2v) is 8.26. The zero-order valence-corrected chi connectivity index (χ0v) is 18.2. The summed E-state index contributed by atoms with van der Waals surface area (Å²) in [6, 6.07) is 18.2. The van der Waals surface area contributed by atoms with Crippen LogP contribution in [0.5, 0.6) is 5.75 Å². The Hall–Kier alpha value is -4.11.